The van der Waals surface area contributed by atoms with Crippen molar-refractivity contribution in [2.45, 2.75) is 6.54 Å². The molecule has 0 saturated carbocycles. The summed E-state index contributed by atoms with van der Waals surface area (Å²) >= 11 is 0. The van der Waals surface area contributed by atoms with E-state index in [4.69, 9.17) is 14.2 Å². The van der Waals surface area contributed by atoms with Gasteiger partial charge in [0.2, 0.25) is 0 Å². The molecule has 0 amide bonds. The molecule has 1 saturated heterocycles. The van der Waals surface area contributed by atoms with E-state index in [9.17, 15) is 9.59 Å². The molecule has 1 aliphatic carbocycles. The highest BCUT2D eigenvalue weighted by molar-refractivity contribution is 6.34. The minimum absolute atomic E-state index is 0.233. The minimum Gasteiger partial charge on any atom is -0.493 e. The van der Waals surface area contributed by atoms with Gasteiger partial charge >= 0.3 is 0 Å². The normalized spacial score (nSPS) is 15.3. The highest BCUT2D eigenvalue weighted by Gasteiger charge is 2.23. The van der Waals surface area contributed by atoms with Crippen LogP contribution in [-0.4, -0.2) is 85.0 Å². The van der Waals surface area contributed by atoms with Crippen LogP contribution in [0.2, 0.25) is 0 Å². The number of ketones is 2. The summed E-state index contributed by atoms with van der Waals surface area (Å²) in [5.41, 5.74) is 4.39. The smallest absolute Gasteiger partial charge is 0.186 e. The van der Waals surface area contributed by atoms with Crippen LogP contribution in [0.1, 0.15) is 11.1 Å². The summed E-state index contributed by atoms with van der Waals surface area (Å²) in [6, 6.07) is 13.6. The molecule has 0 atom stereocenters. The molecule has 0 bridgehead atoms. The van der Waals surface area contributed by atoms with Crippen molar-refractivity contribution in [1.82, 2.24) is 19.9 Å². The molecular weight excluding hydrogens is 572 g/mol. The number of carbonyl (C=O) groups excluding carboxylic acids is 2. The Hall–Kier alpha value is -5.13. The second-order valence-corrected chi connectivity index (χ2v) is 10.7. The van der Waals surface area contributed by atoms with Gasteiger partial charge in [0.25, 0.3) is 0 Å². The molecule has 6 rings (SSSR count). The summed E-state index contributed by atoms with van der Waals surface area (Å²) in [5.74, 6) is 1.12. The molecule has 3 heterocycles. The molecule has 1 aliphatic heterocycles. The fourth-order valence-electron chi connectivity index (χ4n) is 5.49. The lowest BCUT2D eigenvalue weighted by molar-refractivity contribution is -0.113. The molecule has 230 valence electrons. The number of benzene rings is 2. The minimum atomic E-state index is -0.233. The molecule has 2 aromatic carbocycles. The molecule has 2 aliphatic rings. The fraction of sp³-hybridized carbons (Fsp3) is 0.265. The number of fused-ring (bicyclic) bond motifs is 1. The monoisotopic (exact) mass is 606 g/mol. The van der Waals surface area contributed by atoms with E-state index >= 15 is 0 Å². The molecule has 1 fully saturated rings. The number of ether oxygens (including phenoxy) is 3. The third-order valence-electron chi connectivity index (χ3n) is 7.83. The number of anilines is 3. The molecule has 2 aromatic heterocycles. The molecule has 0 radical (unpaired) electrons. The van der Waals surface area contributed by atoms with E-state index in [-0.39, 0.29) is 11.6 Å². The van der Waals surface area contributed by atoms with Crippen LogP contribution in [0, 0.1) is 0 Å². The van der Waals surface area contributed by atoms with Gasteiger partial charge in [-0.2, -0.15) is 0 Å². The molecule has 45 heavy (non-hydrogen) atoms. The largest absolute Gasteiger partial charge is 0.493 e. The highest BCUT2D eigenvalue weighted by Crippen LogP contribution is 2.37. The van der Waals surface area contributed by atoms with Crippen LogP contribution in [0.3, 0.4) is 0 Å². The second-order valence-electron chi connectivity index (χ2n) is 10.7. The highest BCUT2D eigenvalue weighted by atomic mass is 16.5. The first-order valence-electron chi connectivity index (χ1n) is 14.7. The Morgan fingerprint density at radius 3 is 2.58 bits per heavy atom. The average Bonchev–Trinajstić information content (AvgIpc) is 3.07. The van der Waals surface area contributed by atoms with Gasteiger partial charge in [-0.25, -0.2) is 9.97 Å². The van der Waals surface area contributed by atoms with Crippen molar-refractivity contribution in [2.75, 3.05) is 63.8 Å². The third-order valence-corrected chi connectivity index (χ3v) is 7.83. The number of rotatable bonds is 11. The lowest BCUT2D eigenvalue weighted by Crippen LogP contribution is -2.46. The Kier molecular flexibility index (Phi) is 9.09. The van der Waals surface area contributed by atoms with Crippen molar-refractivity contribution in [3.63, 3.8) is 0 Å². The molecular formula is C34H34N6O5. The Morgan fingerprint density at radius 1 is 0.933 bits per heavy atom. The number of nitrogens with zero attached hydrogens (tertiary/aromatic N) is 5. The van der Waals surface area contributed by atoms with Crippen molar-refractivity contribution in [1.29, 1.82) is 0 Å². The van der Waals surface area contributed by atoms with E-state index in [1.165, 1.54) is 30.1 Å². The topological polar surface area (TPSA) is 119 Å². The predicted octanol–water partition coefficient (Wildman–Crippen LogP) is 4.22. The first kappa shape index (κ1) is 29.9. The van der Waals surface area contributed by atoms with Crippen LogP contribution >= 0.6 is 0 Å². The molecule has 11 nitrogen and oxygen atoms in total. The molecule has 11 heteroatoms. The maximum absolute atomic E-state index is 13.1. The summed E-state index contributed by atoms with van der Waals surface area (Å²) in [4.78, 5) is 43.4. The zero-order chi connectivity index (χ0) is 31.2. The molecule has 1 N–H and O–H groups in total. The SMILES string of the molecule is COCCOc1cc2ncnc(Nc3ccc(N4CCN(Cc5cccnc5)CC4)cc3C3=CC(=O)C=CC3=O)c2cc1OC. The summed E-state index contributed by atoms with van der Waals surface area (Å²) in [5, 5.41) is 4.11. The number of nitrogens with one attached hydrogen (secondary N) is 1. The number of hydrogen-bond donors (Lipinski definition) is 1. The van der Waals surface area contributed by atoms with Gasteiger partial charge in [0.1, 0.15) is 18.8 Å². The lowest BCUT2D eigenvalue weighted by Gasteiger charge is -2.36. The van der Waals surface area contributed by atoms with Gasteiger partial charge in [-0.05, 0) is 54.1 Å². The zero-order valence-electron chi connectivity index (χ0n) is 25.2. The van der Waals surface area contributed by atoms with E-state index in [0.29, 0.717) is 58.3 Å². The number of hydrogen-bond acceptors (Lipinski definition) is 11. The zero-order valence-corrected chi connectivity index (χ0v) is 25.2. The van der Waals surface area contributed by atoms with Crippen LogP contribution in [0.4, 0.5) is 17.2 Å². The van der Waals surface area contributed by atoms with Crippen LogP contribution in [0.15, 0.2) is 79.4 Å². The van der Waals surface area contributed by atoms with E-state index < -0.39 is 0 Å². The maximum atomic E-state index is 13.1. The fourth-order valence-corrected chi connectivity index (χ4v) is 5.49. The van der Waals surface area contributed by atoms with Gasteiger partial charge in [0.05, 0.1) is 19.2 Å². The number of pyridine rings is 1. The number of piperazine rings is 1. The number of allylic oxidation sites excluding steroid dienone is 4. The molecule has 4 aromatic rings. The Labute approximate surface area is 261 Å². The van der Waals surface area contributed by atoms with Gasteiger partial charge in [-0.1, -0.05) is 6.07 Å². The van der Waals surface area contributed by atoms with Crippen molar-refractivity contribution < 1.29 is 23.8 Å². The van der Waals surface area contributed by atoms with Crippen molar-refractivity contribution in [3.05, 3.63) is 90.5 Å². The van der Waals surface area contributed by atoms with E-state index in [1.54, 1.807) is 26.5 Å². The summed E-state index contributed by atoms with van der Waals surface area (Å²) in [7, 11) is 3.18. The Bertz CT molecular complexity index is 1770. The van der Waals surface area contributed by atoms with E-state index in [1.807, 2.05) is 36.5 Å². The van der Waals surface area contributed by atoms with Crippen molar-refractivity contribution in [2.24, 2.45) is 0 Å². The van der Waals surface area contributed by atoms with Gasteiger partial charge in [-0.15, -0.1) is 0 Å². The average molecular weight is 607 g/mol. The molecule has 0 spiro atoms. The number of methoxy groups -OCH3 is 2. The Balaban J connectivity index is 1.30. The van der Waals surface area contributed by atoms with Crippen molar-refractivity contribution >= 4 is 45.2 Å². The maximum Gasteiger partial charge on any atom is 0.186 e. The first-order valence-corrected chi connectivity index (χ1v) is 14.7. The van der Waals surface area contributed by atoms with Gasteiger partial charge in [-0.3, -0.25) is 19.5 Å². The van der Waals surface area contributed by atoms with Crippen LogP contribution in [0.5, 0.6) is 11.5 Å². The molecule has 0 unspecified atom stereocenters. The number of aromatic nitrogens is 3. The predicted molar refractivity (Wildman–Crippen MR) is 172 cm³/mol. The van der Waals surface area contributed by atoms with E-state index in [2.05, 4.69) is 36.1 Å². The van der Waals surface area contributed by atoms with Gasteiger partial charge in [0.15, 0.2) is 23.1 Å². The second kappa shape index (κ2) is 13.7. The number of carbonyl (C=O) groups is 2. The quantitative estimate of drug-likeness (QED) is 0.195. The van der Waals surface area contributed by atoms with Crippen LogP contribution < -0.4 is 19.7 Å². The van der Waals surface area contributed by atoms with Crippen LogP contribution in [-0.2, 0) is 20.9 Å². The lowest BCUT2D eigenvalue weighted by atomic mass is 9.94. The summed E-state index contributed by atoms with van der Waals surface area (Å²) in [6.07, 6.45) is 9.16. The van der Waals surface area contributed by atoms with Crippen LogP contribution in [0.25, 0.3) is 16.5 Å². The standard InChI is InChI=1S/C34H34N6O5/c1-43-14-15-45-33-19-30-28(18-32(33)44-2)34(37-22-36-30)38-29-7-5-24(16-26(29)27-17-25(41)6-8-31(27)42)40-12-10-39(11-13-40)21-23-4-3-9-35-20-23/h3-9,16-20,22H,10-15,21H2,1-2H3,(H,36,37,38). The van der Waals surface area contributed by atoms with Crippen molar-refractivity contribution in [3.8, 4) is 11.5 Å². The summed E-state index contributed by atoms with van der Waals surface area (Å²) in [6.45, 7) is 5.07. The summed E-state index contributed by atoms with van der Waals surface area (Å²) < 4.78 is 16.5. The third kappa shape index (κ3) is 6.84. The van der Waals surface area contributed by atoms with Gasteiger partial charge < -0.3 is 24.4 Å². The van der Waals surface area contributed by atoms with E-state index in [0.717, 1.165) is 38.4 Å². The Morgan fingerprint density at radius 2 is 1.80 bits per heavy atom. The first-order chi connectivity index (χ1) is 22.0. The van der Waals surface area contributed by atoms with Gasteiger partial charge in [0, 0.05) is 86.2 Å².